The van der Waals surface area contributed by atoms with Gasteiger partial charge in [0.25, 0.3) is 5.56 Å². The summed E-state index contributed by atoms with van der Waals surface area (Å²) in [6.07, 6.45) is 1.58. The van der Waals surface area contributed by atoms with E-state index >= 15 is 0 Å². The van der Waals surface area contributed by atoms with Crippen LogP contribution in [0.3, 0.4) is 0 Å². The predicted molar refractivity (Wildman–Crippen MR) is 71.8 cm³/mol. The highest BCUT2D eigenvalue weighted by molar-refractivity contribution is 5.36. The van der Waals surface area contributed by atoms with E-state index in [1.54, 1.807) is 36.5 Å². The van der Waals surface area contributed by atoms with Crippen LogP contribution < -0.4 is 16.0 Å². The van der Waals surface area contributed by atoms with Gasteiger partial charge in [-0.2, -0.15) is 5.26 Å². The van der Waals surface area contributed by atoms with Gasteiger partial charge in [-0.3, -0.25) is 4.79 Å². The van der Waals surface area contributed by atoms with Crippen LogP contribution in [-0.2, 0) is 6.54 Å². The van der Waals surface area contributed by atoms with E-state index in [1.807, 2.05) is 6.07 Å². The lowest BCUT2D eigenvalue weighted by Crippen LogP contribution is -2.22. The Morgan fingerprint density at radius 2 is 2.16 bits per heavy atom. The minimum absolute atomic E-state index is 0.122. The molecule has 1 heterocycles. The Labute approximate surface area is 110 Å². The Bertz CT molecular complexity index is 671. The number of nitrogen functional groups attached to an aromatic ring is 1. The molecule has 0 amide bonds. The van der Waals surface area contributed by atoms with Crippen LogP contribution in [0.5, 0.6) is 5.75 Å². The lowest BCUT2D eigenvalue weighted by atomic mass is 10.2. The van der Waals surface area contributed by atoms with Crippen molar-refractivity contribution >= 4 is 5.69 Å². The third kappa shape index (κ3) is 3.36. The summed E-state index contributed by atoms with van der Waals surface area (Å²) in [5, 5.41) is 8.77. The average molecular weight is 255 g/mol. The lowest BCUT2D eigenvalue weighted by Gasteiger charge is -2.08. The Kier molecular flexibility index (Phi) is 3.84. The van der Waals surface area contributed by atoms with E-state index in [0.717, 1.165) is 0 Å². The molecule has 96 valence electrons. The number of rotatable bonds is 4. The molecule has 5 nitrogen and oxygen atoms in total. The maximum atomic E-state index is 11.5. The van der Waals surface area contributed by atoms with Crippen LogP contribution in [0.2, 0.25) is 0 Å². The molecular weight excluding hydrogens is 242 g/mol. The first-order chi connectivity index (χ1) is 9.19. The Morgan fingerprint density at radius 1 is 1.32 bits per heavy atom. The fourth-order valence-corrected chi connectivity index (χ4v) is 1.64. The molecule has 1 aromatic carbocycles. The van der Waals surface area contributed by atoms with Gasteiger partial charge in [-0.05, 0) is 24.3 Å². The number of anilines is 1. The van der Waals surface area contributed by atoms with E-state index in [1.165, 1.54) is 10.6 Å². The van der Waals surface area contributed by atoms with Gasteiger partial charge in [0, 0.05) is 18.0 Å². The average Bonchev–Trinajstić information content (AvgIpc) is 2.43. The van der Waals surface area contributed by atoms with Crippen LogP contribution in [0, 0.1) is 11.3 Å². The van der Waals surface area contributed by atoms with Crippen molar-refractivity contribution < 1.29 is 4.74 Å². The summed E-state index contributed by atoms with van der Waals surface area (Å²) in [5.74, 6) is 0.607. The second-order valence-electron chi connectivity index (χ2n) is 3.98. The number of hydrogen-bond acceptors (Lipinski definition) is 4. The fourth-order valence-electron chi connectivity index (χ4n) is 1.64. The molecule has 0 radical (unpaired) electrons. The van der Waals surface area contributed by atoms with Gasteiger partial charge in [0.15, 0.2) is 0 Å². The van der Waals surface area contributed by atoms with Crippen molar-refractivity contribution in [2.24, 2.45) is 0 Å². The molecular formula is C14H13N3O2. The van der Waals surface area contributed by atoms with Crippen molar-refractivity contribution in [3.8, 4) is 11.8 Å². The zero-order chi connectivity index (χ0) is 13.7. The quantitative estimate of drug-likeness (QED) is 0.894. The molecule has 0 unspecified atom stereocenters. The lowest BCUT2D eigenvalue weighted by molar-refractivity contribution is 0.296. The molecule has 19 heavy (non-hydrogen) atoms. The molecule has 1 aromatic heterocycles. The van der Waals surface area contributed by atoms with Crippen molar-refractivity contribution in [3.63, 3.8) is 0 Å². The number of ether oxygens (including phenoxy) is 1. The topological polar surface area (TPSA) is 81.0 Å². The molecule has 0 bridgehead atoms. The zero-order valence-electron chi connectivity index (χ0n) is 10.2. The molecule has 0 aliphatic heterocycles. The van der Waals surface area contributed by atoms with Crippen LogP contribution in [-0.4, -0.2) is 11.2 Å². The first-order valence-electron chi connectivity index (χ1n) is 5.78. The second-order valence-corrected chi connectivity index (χ2v) is 3.98. The second kappa shape index (κ2) is 5.74. The number of nitrogens with zero attached hydrogens (tertiary/aromatic N) is 2. The van der Waals surface area contributed by atoms with Crippen LogP contribution in [0.4, 0.5) is 5.69 Å². The number of benzene rings is 1. The number of hydrogen-bond donors (Lipinski definition) is 1. The van der Waals surface area contributed by atoms with Gasteiger partial charge in [-0.25, -0.2) is 0 Å². The summed E-state index contributed by atoms with van der Waals surface area (Å²) in [7, 11) is 0. The largest absolute Gasteiger partial charge is 0.492 e. The standard InChI is InChI=1S/C14H13N3O2/c15-9-11-2-1-3-13(8-11)19-7-6-17-10-12(16)4-5-14(17)18/h1-5,8,10H,6-7,16H2. The molecule has 2 aromatic rings. The van der Waals surface area contributed by atoms with Crippen molar-refractivity contribution in [1.29, 1.82) is 5.26 Å². The number of pyridine rings is 1. The van der Waals surface area contributed by atoms with Gasteiger partial charge in [0.1, 0.15) is 12.4 Å². The molecule has 0 atom stereocenters. The predicted octanol–water partition coefficient (Wildman–Crippen LogP) is 1.38. The maximum absolute atomic E-state index is 11.5. The molecule has 0 spiro atoms. The summed E-state index contributed by atoms with van der Waals surface area (Å²) >= 11 is 0. The Morgan fingerprint density at radius 3 is 2.95 bits per heavy atom. The molecule has 2 N–H and O–H groups in total. The normalized spacial score (nSPS) is 9.84. The third-order valence-corrected chi connectivity index (χ3v) is 2.57. The molecule has 0 saturated heterocycles. The highest BCUT2D eigenvalue weighted by atomic mass is 16.5. The highest BCUT2D eigenvalue weighted by Gasteiger charge is 1.99. The molecule has 0 aliphatic carbocycles. The fraction of sp³-hybridized carbons (Fsp3) is 0.143. The van der Waals surface area contributed by atoms with Crippen LogP contribution in [0.15, 0.2) is 47.4 Å². The molecule has 5 heteroatoms. The first kappa shape index (κ1) is 12.7. The minimum Gasteiger partial charge on any atom is -0.492 e. The third-order valence-electron chi connectivity index (χ3n) is 2.57. The van der Waals surface area contributed by atoms with Gasteiger partial charge >= 0.3 is 0 Å². The summed E-state index contributed by atoms with van der Waals surface area (Å²) in [5.41, 5.74) is 6.56. The van der Waals surface area contributed by atoms with Crippen molar-refractivity contribution in [2.45, 2.75) is 6.54 Å². The van der Waals surface area contributed by atoms with E-state index in [-0.39, 0.29) is 5.56 Å². The Hall–Kier alpha value is -2.74. The summed E-state index contributed by atoms with van der Waals surface area (Å²) in [6, 6.07) is 11.9. The van der Waals surface area contributed by atoms with Gasteiger partial charge < -0.3 is 15.0 Å². The minimum atomic E-state index is -0.122. The first-order valence-corrected chi connectivity index (χ1v) is 5.78. The molecule has 2 rings (SSSR count). The van der Waals surface area contributed by atoms with Gasteiger partial charge in [-0.1, -0.05) is 6.07 Å². The van der Waals surface area contributed by atoms with E-state index in [4.69, 9.17) is 15.7 Å². The van der Waals surface area contributed by atoms with E-state index in [9.17, 15) is 4.79 Å². The van der Waals surface area contributed by atoms with Gasteiger partial charge in [0.2, 0.25) is 0 Å². The monoisotopic (exact) mass is 255 g/mol. The maximum Gasteiger partial charge on any atom is 0.250 e. The van der Waals surface area contributed by atoms with Crippen LogP contribution >= 0.6 is 0 Å². The summed E-state index contributed by atoms with van der Waals surface area (Å²) < 4.78 is 6.99. The highest BCUT2D eigenvalue weighted by Crippen LogP contribution is 2.12. The summed E-state index contributed by atoms with van der Waals surface area (Å²) in [4.78, 5) is 11.5. The van der Waals surface area contributed by atoms with Crippen molar-refractivity contribution in [2.75, 3.05) is 12.3 Å². The van der Waals surface area contributed by atoms with Crippen molar-refractivity contribution in [3.05, 3.63) is 58.5 Å². The van der Waals surface area contributed by atoms with E-state index < -0.39 is 0 Å². The number of nitrogens with two attached hydrogens (primary N) is 1. The zero-order valence-corrected chi connectivity index (χ0v) is 10.2. The SMILES string of the molecule is N#Cc1cccc(OCCn2cc(N)ccc2=O)c1. The number of aromatic nitrogens is 1. The Balaban J connectivity index is 1.98. The van der Waals surface area contributed by atoms with E-state index in [0.29, 0.717) is 30.2 Å². The van der Waals surface area contributed by atoms with Crippen molar-refractivity contribution in [1.82, 2.24) is 4.57 Å². The smallest absolute Gasteiger partial charge is 0.250 e. The molecule has 0 saturated carbocycles. The van der Waals surface area contributed by atoms with Crippen LogP contribution in [0.1, 0.15) is 5.56 Å². The van der Waals surface area contributed by atoms with Gasteiger partial charge in [0.05, 0.1) is 18.2 Å². The molecule has 0 aliphatic rings. The number of nitriles is 1. The van der Waals surface area contributed by atoms with Gasteiger partial charge in [-0.15, -0.1) is 0 Å². The van der Waals surface area contributed by atoms with Crippen LogP contribution in [0.25, 0.3) is 0 Å². The summed E-state index contributed by atoms with van der Waals surface area (Å²) in [6.45, 7) is 0.735. The van der Waals surface area contributed by atoms with E-state index in [2.05, 4.69) is 0 Å². The molecule has 0 fully saturated rings.